The predicted octanol–water partition coefficient (Wildman–Crippen LogP) is 8.35. The number of alkyl halides is 17. The van der Waals surface area contributed by atoms with E-state index in [1.807, 2.05) is 0 Å². The van der Waals surface area contributed by atoms with E-state index in [9.17, 15) is 87.8 Å². The Morgan fingerprint density at radius 2 is 1.09 bits per heavy atom. The van der Waals surface area contributed by atoms with E-state index < -0.39 is 89.6 Å². The largest absolute Gasteiger partial charge is 0.460 e. The summed E-state index contributed by atoms with van der Waals surface area (Å²) in [5.41, 5.74) is 0. The van der Waals surface area contributed by atoms with Crippen LogP contribution in [0.25, 0.3) is 0 Å². The van der Waals surface area contributed by atoms with Crippen molar-refractivity contribution < 1.29 is 91.5 Å². The SMILES string of the molecule is CS(OS(=O)(=O)C(F)(F)C(F)(F)C(F)(F)C(F)(F)C(F)(F)C(F)(F)C(F)(F)C(F)(F)F)(C1CCCCC1=O)C1CC2CCC1C2. The van der Waals surface area contributed by atoms with Gasteiger partial charge in [0.15, 0.2) is 0 Å². The number of carbonyl (C=O) groups is 1. The molecule has 0 radical (unpaired) electrons. The minimum Gasteiger partial charge on any atom is -0.298 e. The van der Waals surface area contributed by atoms with Crippen LogP contribution < -0.4 is 0 Å². The fourth-order valence-corrected chi connectivity index (χ4v) is 12.5. The van der Waals surface area contributed by atoms with Gasteiger partial charge in [0, 0.05) is 11.7 Å². The Kier molecular flexibility index (Phi) is 9.23. The van der Waals surface area contributed by atoms with Crippen LogP contribution in [0.5, 0.6) is 0 Å². The van der Waals surface area contributed by atoms with Crippen molar-refractivity contribution in [3.8, 4) is 0 Å². The fraction of sp³-hybridized carbons (Fsp3) is 0.955. The monoisotopic (exact) mass is 738 g/mol. The van der Waals surface area contributed by atoms with Crippen molar-refractivity contribution in [2.45, 2.75) is 109 Å². The molecule has 3 aliphatic rings. The molecule has 4 nitrogen and oxygen atoms in total. The van der Waals surface area contributed by atoms with E-state index in [1.54, 1.807) is 0 Å². The molecule has 45 heavy (non-hydrogen) atoms. The number of Topliss-reactive ketones (excluding diaryl/α,β-unsaturated/α-hetero) is 1. The third-order valence-corrected chi connectivity index (χ3v) is 14.8. The summed E-state index contributed by atoms with van der Waals surface area (Å²) in [5, 5.41) is -10.5. The maximum Gasteiger partial charge on any atom is 0.460 e. The highest BCUT2D eigenvalue weighted by Gasteiger charge is 2.96. The second-order valence-electron chi connectivity index (χ2n) is 11.4. The molecule has 0 aliphatic heterocycles. The number of fused-ring (bicyclic) bond motifs is 2. The highest BCUT2D eigenvalue weighted by Crippen LogP contribution is 2.70. The molecule has 5 unspecified atom stereocenters. The van der Waals surface area contributed by atoms with Crippen molar-refractivity contribution in [1.29, 1.82) is 0 Å². The molecule has 3 aliphatic carbocycles. The van der Waals surface area contributed by atoms with Gasteiger partial charge in [-0.25, -0.2) is 3.63 Å². The zero-order valence-corrected chi connectivity index (χ0v) is 24.0. The van der Waals surface area contributed by atoms with Gasteiger partial charge in [-0.05, 0) is 50.2 Å². The highest BCUT2D eigenvalue weighted by atomic mass is 32.3. The number of hydrogen-bond donors (Lipinski definition) is 0. The smallest absolute Gasteiger partial charge is 0.298 e. The molecule has 3 saturated carbocycles. The van der Waals surface area contributed by atoms with Crippen LogP contribution in [0, 0.1) is 11.8 Å². The second kappa shape index (κ2) is 10.9. The number of ketones is 1. The molecule has 0 heterocycles. The third-order valence-electron chi connectivity index (χ3n) is 8.58. The normalized spacial score (nSPS) is 28.7. The molecule has 3 rings (SSSR count). The molecule has 5 atom stereocenters. The summed E-state index contributed by atoms with van der Waals surface area (Å²) >= 11 is 0. The van der Waals surface area contributed by atoms with Gasteiger partial charge in [-0.15, -0.1) is 10.3 Å². The third kappa shape index (κ3) is 5.21. The molecule has 3 fully saturated rings. The summed E-state index contributed by atoms with van der Waals surface area (Å²) in [4.78, 5) is 12.7. The molecule has 0 aromatic rings. The van der Waals surface area contributed by atoms with Gasteiger partial charge in [0.1, 0.15) is 5.78 Å². The lowest BCUT2D eigenvalue weighted by atomic mass is 9.91. The van der Waals surface area contributed by atoms with Crippen LogP contribution in [-0.2, 0) is 18.5 Å². The van der Waals surface area contributed by atoms with E-state index in [-0.39, 0.29) is 38.0 Å². The van der Waals surface area contributed by atoms with Crippen LogP contribution >= 0.6 is 10.3 Å². The maximum atomic E-state index is 14.9. The van der Waals surface area contributed by atoms with Crippen molar-refractivity contribution in [2.24, 2.45) is 11.8 Å². The van der Waals surface area contributed by atoms with E-state index in [0.717, 1.165) is 6.26 Å². The molecule has 0 aromatic carbocycles. The van der Waals surface area contributed by atoms with E-state index in [4.69, 9.17) is 0 Å². The van der Waals surface area contributed by atoms with Gasteiger partial charge in [-0.3, -0.25) is 4.79 Å². The van der Waals surface area contributed by atoms with Gasteiger partial charge in [0.2, 0.25) is 0 Å². The molecule has 23 heteroatoms. The first-order valence-corrected chi connectivity index (χ1v) is 16.3. The van der Waals surface area contributed by atoms with Gasteiger partial charge in [-0.2, -0.15) is 83.1 Å². The van der Waals surface area contributed by atoms with Crippen molar-refractivity contribution in [3.63, 3.8) is 0 Å². The Bertz CT molecular complexity index is 1270. The molecule has 266 valence electrons. The average molecular weight is 739 g/mol. The molecule has 2 bridgehead atoms. The molecule has 0 spiro atoms. The summed E-state index contributed by atoms with van der Waals surface area (Å²) < 4.78 is 263. The zero-order chi connectivity index (χ0) is 35.3. The maximum absolute atomic E-state index is 14.9. The summed E-state index contributed by atoms with van der Waals surface area (Å²) in [6.07, 6.45) is -6.26. The van der Waals surface area contributed by atoms with Gasteiger partial charge >= 0.3 is 57.1 Å². The van der Waals surface area contributed by atoms with Gasteiger partial charge in [0.25, 0.3) is 0 Å². The fourth-order valence-electron chi connectivity index (χ4n) is 6.06. The van der Waals surface area contributed by atoms with Crippen LogP contribution in [0.4, 0.5) is 74.6 Å². The zero-order valence-electron chi connectivity index (χ0n) is 22.3. The highest BCUT2D eigenvalue weighted by molar-refractivity contribution is 8.34. The summed E-state index contributed by atoms with van der Waals surface area (Å²) in [7, 11) is -11.7. The quantitative estimate of drug-likeness (QED) is 0.200. The topological polar surface area (TPSA) is 60.4 Å². The molecule has 0 aromatic heterocycles. The lowest BCUT2D eigenvalue weighted by Gasteiger charge is -2.50. The average Bonchev–Trinajstić information content (AvgIpc) is 3.51. The Balaban J connectivity index is 2.10. The van der Waals surface area contributed by atoms with Gasteiger partial charge < -0.3 is 0 Å². The first kappa shape index (κ1) is 38.2. The number of hydrogen-bond acceptors (Lipinski definition) is 4. The Hall–Kier alpha value is -1.26. The Morgan fingerprint density at radius 3 is 1.49 bits per heavy atom. The van der Waals surface area contributed by atoms with Crippen LogP contribution in [0.3, 0.4) is 0 Å². The van der Waals surface area contributed by atoms with Gasteiger partial charge in [0.05, 0.1) is 5.25 Å². The molecular weight excluding hydrogens is 715 g/mol. The number of halogens is 17. The lowest BCUT2D eigenvalue weighted by Crippen LogP contribution is -2.75. The van der Waals surface area contributed by atoms with Crippen molar-refractivity contribution >= 4 is 26.2 Å². The van der Waals surface area contributed by atoms with Crippen molar-refractivity contribution in [2.75, 3.05) is 6.26 Å². The van der Waals surface area contributed by atoms with Crippen LogP contribution in [0.15, 0.2) is 0 Å². The van der Waals surface area contributed by atoms with E-state index in [0.29, 0.717) is 19.3 Å². The Morgan fingerprint density at radius 1 is 0.622 bits per heavy atom. The van der Waals surface area contributed by atoms with Crippen LogP contribution in [0.1, 0.15) is 51.4 Å². The lowest BCUT2D eigenvalue weighted by molar-refractivity contribution is -0.458. The van der Waals surface area contributed by atoms with Crippen LogP contribution in [-0.4, -0.2) is 77.9 Å². The first-order chi connectivity index (χ1) is 19.8. The second-order valence-corrected chi connectivity index (χ2v) is 16.4. The summed E-state index contributed by atoms with van der Waals surface area (Å²) in [6, 6.07) is 0. The number of carbonyl (C=O) groups excluding carboxylic acids is 1. The van der Waals surface area contributed by atoms with Crippen molar-refractivity contribution in [3.05, 3.63) is 0 Å². The van der Waals surface area contributed by atoms with E-state index >= 15 is 0 Å². The first-order valence-electron chi connectivity index (χ1n) is 12.8. The van der Waals surface area contributed by atoms with E-state index in [2.05, 4.69) is 3.63 Å². The minimum absolute atomic E-state index is 0.0271. The van der Waals surface area contributed by atoms with Gasteiger partial charge in [-0.1, -0.05) is 12.8 Å². The standard InChI is InChI=1S/C22H23F17O4S2/c1-44(13-5-3-2-4-12(13)40,14-9-10-6-7-11(14)8-10)43-45(41,42)22(38,39)20(33,34)18(29,30)16(25,26)15(23,24)17(27,28)19(31,32)21(35,36)37/h10-11,13-14H,2-9H2,1H3. The minimum atomic E-state index is -8.92. The van der Waals surface area contributed by atoms with Crippen LogP contribution in [0.2, 0.25) is 0 Å². The summed E-state index contributed by atoms with van der Waals surface area (Å²) in [6.45, 7) is 0. The Labute approximate surface area is 245 Å². The predicted molar refractivity (Wildman–Crippen MR) is 121 cm³/mol. The summed E-state index contributed by atoms with van der Waals surface area (Å²) in [5.74, 6) is -53.6. The molecule has 0 N–H and O–H groups in total. The number of rotatable bonds is 11. The van der Waals surface area contributed by atoms with Crippen molar-refractivity contribution in [1.82, 2.24) is 0 Å². The molecule has 0 saturated heterocycles. The molecular formula is C22H23F17O4S2. The molecule has 0 amide bonds. The van der Waals surface area contributed by atoms with E-state index in [1.165, 1.54) is 0 Å².